The minimum absolute atomic E-state index is 0.0850. The van der Waals surface area contributed by atoms with Crippen molar-refractivity contribution in [2.45, 2.75) is 44.9 Å². The monoisotopic (exact) mass is 295 g/mol. The van der Waals surface area contributed by atoms with E-state index in [4.69, 9.17) is 9.63 Å². The first-order valence-corrected chi connectivity index (χ1v) is 6.16. The highest BCUT2D eigenvalue weighted by molar-refractivity contribution is 5.76. The molecule has 0 saturated carbocycles. The van der Waals surface area contributed by atoms with E-state index in [2.05, 4.69) is 10.1 Å². The zero-order valence-electron chi connectivity index (χ0n) is 10.9. The van der Waals surface area contributed by atoms with Crippen molar-refractivity contribution in [2.24, 2.45) is 0 Å². The number of nitrogens with zero attached hydrogens (tertiary/aromatic N) is 2. The number of rotatable bonds is 7. The molecule has 9 heteroatoms. The molecule has 2 N–H and O–H groups in total. The molecule has 114 valence electrons. The molecule has 1 heterocycles. The van der Waals surface area contributed by atoms with Gasteiger partial charge in [0.2, 0.25) is 11.8 Å². The Morgan fingerprint density at radius 2 is 2.15 bits per heavy atom. The molecule has 1 amide bonds. The van der Waals surface area contributed by atoms with Crippen molar-refractivity contribution in [2.75, 3.05) is 6.54 Å². The average molecular weight is 295 g/mol. The number of halogens is 3. The van der Waals surface area contributed by atoms with E-state index < -0.39 is 24.7 Å². The normalized spacial score (nSPS) is 13.2. The number of aliphatic hydroxyl groups is 1. The summed E-state index contributed by atoms with van der Waals surface area (Å²) < 4.78 is 40.9. The molecule has 0 aliphatic rings. The van der Waals surface area contributed by atoms with E-state index in [0.717, 1.165) is 6.42 Å². The predicted octanol–water partition coefficient (Wildman–Crippen LogP) is 0.994. The number of hydrogen-bond acceptors (Lipinski definition) is 5. The highest BCUT2D eigenvalue weighted by atomic mass is 19.4. The van der Waals surface area contributed by atoms with Gasteiger partial charge in [0.25, 0.3) is 0 Å². The van der Waals surface area contributed by atoms with Crippen molar-refractivity contribution >= 4 is 5.91 Å². The number of nitrogens with one attached hydrogen (secondary N) is 1. The summed E-state index contributed by atoms with van der Waals surface area (Å²) in [7, 11) is 0. The van der Waals surface area contributed by atoms with Gasteiger partial charge in [0.1, 0.15) is 0 Å². The molecule has 1 aromatic heterocycles. The molecule has 1 aromatic rings. The second-order valence-electron chi connectivity index (χ2n) is 4.22. The lowest BCUT2D eigenvalue weighted by Gasteiger charge is -2.14. The summed E-state index contributed by atoms with van der Waals surface area (Å²) in [4.78, 5) is 15.3. The molecule has 0 saturated heterocycles. The van der Waals surface area contributed by atoms with Crippen molar-refractivity contribution < 1.29 is 27.6 Å². The van der Waals surface area contributed by atoms with E-state index in [1.165, 1.54) is 0 Å². The number of aryl methyl sites for hydroxylation is 2. The summed E-state index contributed by atoms with van der Waals surface area (Å²) in [6, 6.07) is 0. The molecular formula is C11H16F3N3O3. The molecule has 0 bridgehead atoms. The van der Waals surface area contributed by atoms with Crippen LogP contribution in [0.25, 0.3) is 0 Å². The van der Waals surface area contributed by atoms with E-state index in [-0.39, 0.29) is 18.7 Å². The SMILES string of the molecule is CCCc1noc(CCC(=O)NCC(O)C(F)(F)F)n1. The standard InChI is InChI=1S/C11H16F3N3O3/c1-2-3-8-16-10(20-17-8)5-4-9(19)15-6-7(18)11(12,13)14/h7,18H,2-6H2,1H3,(H,15,19). The summed E-state index contributed by atoms with van der Waals surface area (Å²) in [6.45, 7) is 1.09. The van der Waals surface area contributed by atoms with E-state index in [1.54, 1.807) is 0 Å². The van der Waals surface area contributed by atoms with Gasteiger partial charge in [-0.05, 0) is 6.42 Å². The van der Waals surface area contributed by atoms with Crippen LogP contribution in [0.4, 0.5) is 13.2 Å². The molecule has 6 nitrogen and oxygen atoms in total. The first-order chi connectivity index (χ1) is 9.32. The molecule has 1 unspecified atom stereocenters. The molecule has 0 aromatic carbocycles. The average Bonchev–Trinajstić information content (AvgIpc) is 2.80. The van der Waals surface area contributed by atoms with Gasteiger partial charge >= 0.3 is 6.18 Å². The van der Waals surface area contributed by atoms with Gasteiger partial charge in [-0.2, -0.15) is 18.2 Å². The fourth-order valence-corrected chi connectivity index (χ4v) is 1.35. The zero-order valence-corrected chi connectivity index (χ0v) is 10.9. The summed E-state index contributed by atoms with van der Waals surface area (Å²) in [5.41, 5.74) is 0. The summed E-state index contributed by atoms with van der Waals surface area (Å²) in [5, 5.41) is 14.4. The Balaban J connectivity index is 2.29. The Morgan fingerprint density at radius 1 is 1.45 bits per heavy atom. The molecule has 0 fully saturated rings. The number of alkyl halides is 3. The van der Waals surface area contributed by atoms with Crippen LogP contribution in [0.1, 0.15) is 31.5 Å². The lowest BCUT2D eigenvalue weighted by Crippen LogP contribution is -2.40. The number of hydrogen-bond donors (Lipinski definition) is 2. The fourth-order valence-electron chi connectivity index (χ4n) is 1.35. The quantitative estimate of drug-likeness (QED) is 0.783. The molecule has 1 rings (SSSR count). The van der Waals surface area contributed by atoms with Gasteiger partial charge in [-0.15, -0.1) is 0 Å². The molecular weight excluding hydrogens is 279 g/mol. The van der Waals surface area contributed by atoms with Crippen LogP contribution in [0.2, 0.25) is 0 Å². The van der Waals surface area contributed by atoms with Crippen molar-refractivity contribution in [3.8, 4) is 0 Å². The first-order valence-electron chi connectivity index (χ1n) is 6.16. The maximum Gasteiger partial charge on any atom is 0.416 e. The topological polar surface area (TPSA) is 88.2 Å². The third-order valence-electron chi connectivity index (χ3n) is 2.42. The Bertz CT molecular complexity index is 434. The van der Waals surface area contributed by atoms with Gasteiger partial charge in [0.05, 0.1) is 6.54 Å². The predicted molar refractivity (Wildman–Crippen MR) is 61.7 cm³/mol. The van der Waals surface area contributed by atoms with Gasteiger partial charge in [-0.1, -0.05) is 12.1 Å². The number of amides is 1. The Hall–Kier alpha value is -1.64. The van der Waals surface area contributed by atoms with Crippen LogP contribution in [0.3, 0.4) is 0 Å². The van der Waals surface area contributed by atoms with Gasteiger partial charge < -0.3 is 14.9 Å². The van der Waals surface area contributed by atoms with Crippen molar-refractivity contribution in [3.05, 3.63) is 11.7 Å². The van der Waals surface area contributed by atoms with Crippen LogP contribution in [0.15, 0.2) is 4.52 Å². The minimum atomic E-state index is -4.74. The summed E-state index contributed by atoms with van der Waals surface area (Å²) in [6.07, 6.45) is -5.73. The Labute approximate surface area is 113 Å². The van der Waals surface area contributed by atoms with Crippen LogP contribution in [0.5, 0.6) is 0 Å². The minimum Gasteiger partial charge on any atom is -0.382 e. The zero-order chi connectivity index (χ0) is 15.2. The van der Waals surface area contributed by atoms with Crippen molar-refractivity contribution in [1.82, 2.24) is 15.5 Å². The number of aliphatic hydroxyl groups excluding tert-OH is 1. The van der Waals surface area contributed by atoms with E-state index in [1.807, 2.05) is 12.2 Å². The molecule has 1 atom stereocenters. The van der Waals surface area contributed by atoms with Gasteiger partial charge in [0.15, 0.2) is 11.9 Å². The Morgan fingerprint density at radius 3 is 2.75 bits per heavy atom. The summed E-state index contributed by atoms with van der Waals surface area (Å²) in [5.74, 6) is 0.180. The fraction of sp³-hybridized carbons (Fsp3) is 0.727. The number of aromatic nitrogens is 2. The van der Waals surface area contributed by atoms with Gasteiger partial charge in [-0.25, -0.2) is 0 Å². The molecule has 0 aliphatic heterocycles. The van der Waals surface area contributed by atoms with Crippen molar-refractivity contribution in [1.29, 1.82) is 0 Å². The smallest absolute Gasteiger partial charge is 0.382 e. The lowest BCUT2D eigenvalue weighted by molar-refractivity contribution is -0.201. The van der Waals surface area contributed by atoms with Crippen LogP contribution < -0.4 is 5.32 Å². The lowest BCUT2D eigenvalue weighted by atomic mass is 10.2. The molecule has 0 aliphatic carbocycles. The maximum atomic E-state index is 12.0. The second kappa shape index (κ2) is 7.22. The Kier molecular flexibility index (Phi) is 5.93. The van der Waals surface area contributed by atoms with Crippen LogP contribution >= 0.6 is 0 Å². The maximum absolute atomic E-state index is 12.0. The molecule has 0 radical (unpaired) electrons. The summed E-state index contributed by atoms with van der Waals surface area (Å²) >= 11 is 0. The third-order valence-corrected chi connectivity index (χ3v) is 2.42. The molecule has 0 spiro atoms. The van der Waals surface area contributed by atoms with Crippen LogP contribution in [-0.4, -0.2) is 40.0 Å². The van der Waals surface area contributed by atoms with Crippen LogP contribution in [-0.2, 0) is 17.6 Å². The third kappa shape index (κ3) is 5.55. The van der Waals surface area contributed by atoms with E-state index in [0.29, 0.717) is 12.2 Å². The number of carbonyl (C=O) groups excluding carboxylic acids is 1. The van der Waals surface area contributed by atoms with Crippen LogP contribution in [0, 0.1) is 0 Å². The highest BCUT2D eigenvalue weighted by Gasteiger charge is 2.38. The largest absolute Gasteiger partial charge is 0.416 e. The van der Waals surface area contributed by atoms with E-state index >= 15 is 0 Å². The second-order valence-corrected chi connectivity index (χ2v) is 4.22. The number of carbonyl (C=O) groups is 1. The highest BCUT2D eigenvalue weighted by Crippen LogP contribution is 2.19. The first kappa shape index (κ1) is 16.4. The van der Waals surface area contributed by atoms with Gasteiger partial charge in [0, 0.05) is 19.3 Å². The van der Waals surface area contributed by atoms with Crippen molar-refractivity contribution in [3.63, 3.8) is 0 Å². The van der Waals surface area contributed by atoms with Gasteiger partial charge in [-0.3, -0.25) is 4.79 Å². The molecule has 20 heavy (non-hydrogen) atoms. The van der Waals surface area contributed by atoms with E-state index in [9.17, 15) is 18.0 Å².